The molecule has 1 heterocycles. The van der Waals surface area contributed by atoms with E-state index in [1.165, 1.54) is 0 Å². The Morgan fingerprint density at radius 3 is 2.41 bits per heavy atom. The zero-order valence-electron chi connectivity index (χ0n) is 10.6. The molecule has 0 aromatic heterocycles. The van der Waals surface area contributed by atoms with Crippen LogP contribution in [0.3, 0.4) is 0 Å². The molecule has 98 valence electrons. The summed E-state index contributed by atoms with van der Waals surface area (Å²) >= 11 is 0. The molecule has 6 heteroatoms. The van der Waals surface area contributed by atoms with Crippen molar-refractivity contribution in [1.82, 2.24) is 10.6 Å². The van der Waals surface area contributed by atoms with E-state index in [2.05, 4.69) is 10.6 Å². The number of ether oxygens (including phenoxy) is 1. The topological polar surface area (TPSA) is 93.5 Å². The Morgan fingerprint density at radius 2 is 1.94 bits per heavy atom. The van der Waals surface area contributed by atoms with Gasteiger partial charge in [-0.05, 0) is 27.2 Å². The minimum Gasteiger partial charge on any atom is -0.379 e. The molecule has 1 aliphatic heterocycles. The Kier molecular flexibility index (Phi) is 4.47. The summed E-state index contributed by atoms with van der Waals surface area (Å²) in [4.78, 5) is 23.5. The largest absolute Gasteiger partial charge is 0.379 e. The third-order valence-electron chi connectivity index (χ3n) is 2.68. The molecule has 4 N–H and O–H groups in total. The van der Waals surface area contributed by atoms with Crippen LogP contribution in [-0.4, -0.2) is 42.7 Å². The molecular formula is C11H21N3O3. The zero-order valence-corrected chi connectivity index (χ0v) is 10.6. The molecule has 17 heavy (non-hydrogen) atoms. The van der Waals surface area contributed by atoms with Crippen LogP contribution in [0.4, 0.5) is 0 Å². The molecule has 1 fully saturated rings. The SMILES string of the molecule is CC(C)NC(=O)C(C)NC(=O)C1(N)CCOC1. The zero-order chi connectivity index (χ0) is 13.1. The van der Waals surface area contributed by atoms with Crippen molar-refractivity contribution in [3.8, 4) is 0 Å². The number of carbonyl (C=O) groups is 2. The molecule has 0 aliphatic carbocycles. The Morgan fingerprint density at radius 1 is 1.29 bits per heavy atom. The minimum atomic E-state index is -0.994. The number of nitrogens with two attached hydrogens (primary N) is 1. The lowest BCUT2D eigenvalue weighted by Gasteiger charge is -2.23. The van der Waals surface area contributed by atoms with Gasteiger partial charge < -0.3 is 21.1 Å². The third kappa shape index (κ3) is 3.67. The van der Waals surface area contributed by atoms with Crippen LogP contribution in [-0.2, 0) is 14.3 Å². The van der Waals surface area contributed by atoms with Crippen LogP contribution in [0, 0.1) is 0 Å². The van der Waals surface area contributed by atoms with E-state index in [0.717, 1.165) is 0 Å². The first-order valence-corrected chi connectivity index (χ1v) is 5.83. The average molecular weight is 243 g/mol. The van der Waals surface area contributed by atoms with E-state index in [0.29, 0.717) is 13.0 Å². The highest BCUT2D eigenvalue weighted by Crippen LogP contribution is 2.15. The summed E-state index contributed by atoms with van der Waals surface area (Å²) < 4.78 is 5.10. The van der Waals surface area contributed by atoms with Gasteiger partial charge in [-0.3, -0.25) is 9.59 Å². The number of rotatable bonds is 4. The quantitative estimate of drug-likeness (QED) is 0.598. The fourth-order valence-corrected chi connectivity index (χ4v) is 1.58. The molecule has 6 nitrogen and oxygen atoms in total. The van der Waals surface area contributed by atoms with Crippen LogP contribution in [0.15, 0.2) is 0 Å². The molecular weight excluding hydrogens is 222 g/mol. The lowest BCUT2D eigenvalue weighted by atomic mass is 9.99. The summed E-state index contributed by atoms with van der Waals surface area (Å²) in [6.45, 7) is 6.05. The van der Waals surface area contributed by atoms with Crippen molar-refractivity contribution in [2.24, 2.45) is 5.73 Å². The monoisotopic (exact) mass is 243 g/mol. The Labute approximate surface area is 101 Å². The maximum Gasteiger partial charge on any atom is 0.243 e. The molecule has 0 aromatic rings. The molecule has 0 spiro atoms. The van der Waals surface area contributed by atoms with Crippen molar-refractivity contribution >= 4 is 11.8 Å². The molecule has 2 amide bonds. The molecule has 1 rings (SSSR count). The lowest BCUT2D eigenvalue weighted by molar-refractivity contribution is -0.131. The van der Waals surface area contributed by atoms with E-state index in [1.807, 2.05) is 13.8 Å². The standard InChI is InChI=1S/C11H21N3O3/c1-7(2)13-9(15)8(3)14-10(16)11(12)4-5-17-6-11/h7-8H,4-6,12H2,1-3H3,(H,13,15)(H,14,16). The van der Waals surface area contributed by atoms with Gasteiger partial charge >= 0.3 is 0 Å². The highest BCUT2D eigenvalue weighted by molar-refractivity contribution is 5.92. The van der Waals surface area contributed by atoms with Gasteiger partial charge in [0.25, 0.3) is 0 Å². The summed E-state index contributed by atoms with van der Waals surface area (Å²) in [6.07, 6.45) is 0.483. The van der Waals surface area contributed by atoms with Crippen LogP contribution < -0.4 is 16.4 Å². The highest BCUT2D eigenvalue weighted by atomic mass is 16.5. The van der Waals surface area contributed by atoms with E-state index < -0.39 is 11.6 Å². The van der Waals surface area contributed by atoms with Gasteiger partial charge in [0.2, 0.25) is 11.8 Å². The second-order valence-electron chi connectivity index (χ2n) is 4.82. The molecule has 1 saturated heterocycles. The molecule has 1 aliphatic rings. The predicted octanol–water partition coefficient (Wildman–Crippen LogP) is -0.866. The van der Waals surface area contributed by atoms with Gasteiger partial charge in [0.05, 0.1) is 6.61 Å². The second-order valence-corrected chi connectivity index (χ2v) is 4.82. The van der Waals surface area contributed by atoms with Crippen molar-refractivity contribution in [2.45, 2.75) is 44.8 Å². The first-order chi connectivity index (χ1) is 7.85. The van der Waals surface area contributed by atoms with Gasteiger partial charge in [0, 0.05) is 12.6 Å². The van der Waals surface area contributed by atoms with E-state index in [9.17, 15) is 9.59 Å². The normalized spacial score (nSPS) is 25.7. The summed E-state index contributed by atoms with van der Waals surface area (Å²) in [7, 11) is 0. The fraction of sp³-hybridized carbons (Fsp3) is 0.818. The van der Waals surface area contributed by atoms with Gasteiger partial charge in [0.1, 0.15) is 11.6 Å². The van der Waals surface area contributed by atoms with Gasteiger partial charge in [-0.1, -0.05) is 0 Å². The maximum absolute atomic E-state index is 11.9. The maximum atomic E-state index is 11.9. The minimum absolute atomic E-state index is 0.0449. The van der Waals surface area contributed by atoms with E-state index in [-0.39, 0.29) is 24.5 Å². The number of hydrogen-bond donors (Lipinski definition) is 3. The Balaban J connectivity index is 2.48. The Hall–Kier alpha value is -1.14. The van der Waals surface area contributed by atoms with Crippen molar-refractivity contribution in [1.29, 1.82) is 0 Å². The predicted molar refractivity (Wildman–Crippen MR) is 63.2 cm³/mol. The van der Waals surface area contributed by atoms with E-state index >= 15 is 0 Å². The van der Waals surface area contributed by atoms with Crippen LogP contribution in [0.25, 0.3) is 0 Å². The first kappa shape index (κ1) is 13.9. The number of carbonyl (C=O) groups excluding carboxylic acids is 2. The fourth-order valence-electron chi connectivity index (χ4n) is 1.58. The van der Waals surface area contributed by atoms with Gasteiger partial charge in [-0.2, -0.15) is 0 Å². The molecule has 0 bridgehead atoms. The van der Waals surface area contributed by atoms with Gasteiger partial charge in [0.15, 0.2) is 0 Å². The van der Waals surface area contributed by atoms with Gasteiger partial charge in [-0.15, -0.1) is 0 Å². The lowest BCUT2D eigenvalue weighted by Crippen LogP contribution is -2.58. The van der Waals surface area contributed by atoms with Crippen LogP contribution >= 0.6 is 0 Å². The molecule has 2 unspecified atom stereocenters. The number of amides is 2. The van der Waals surface area contributed by atoms with Crippen LogP contribution in [0.5, 0.6) is 0 Å². The van der Waals surface area contributed by atoms with Gasteiger partial charge in [-0.25, -0.2) is 0 Å². The van der Waals surface area contributed by atoms with Crippen molar-refractivity contribution in [3.63, 3.8) is 0 Å². The Bertz CT molecular complexity index is 298. The molecule has 0 aromatic carbocycles. The van der Waals surface area contributed by atoms with E-state index in [4.69, 9.17) is 10.5 Å². The highest BCUT2D eigenvalue weighted by Gasteiger charge is 2.39. The molecule has 2 atom stereocenters. The number of nitrogens with one attached hydrogen (secondary N) is 2. The number of hydrogen-bond acceptors (Lipinski definition) is 4. The van der Waals surface area contributed by atoms with E-state index in [1.54, 1.807) is 6.92 Å². The average Bonchev–Trinajstić information content (AvgIpc) is 2.65. The summed E-state index contributed by atoms with van der Waals surface area (Å²) in [6, 6.07) is -0.547. The first-order valence-electron chi connectivity index (χ1n) is 5.83. The van der Waals surface area contributed by atoms with Crippen molar-refractivity contribution < 1.29 is 14.3 Å². The van der Waals surface area contributed by atoms with Crippen LogP contribution in [0.1, 0.15) is 27.2 Å². The molecule has 0 radical (unpaired) electrons. The third-order valence-corrected chi connectivity index (χ3v) is 2.68. The molecule has 0 saturated carbocycles. The summed E-state index contributed by atoms with van der Waals surface area (Å²) in [5.74, 6) is -0.544. The van der Waals surface area contributed by atoms with Crippen LogP contribution in [0.2, 0.25) is 0 Å². The second kappa shape index (κ2) is 5.46. The van der Waals surface area contributed by atoms with Crippen molar-refractivity contribution in [2.75, 3.05) is 13.2 Å². The summed E-state index contributed by atoms with van der Waals surface area (Å²) in [5, 5.41) is 5.34. The van der Waals surface area contributed by atoms with Crippen molar-refractivity contribution in [3.05, 3.63) is 0 Å². The smallest absolute Gasteiger partial charge is 0.243 e. The summed E-state index contributed by atoms with van der Waals surface area (Å²) in [5.41, 5.74) is 4.89.